The van der Waals surface area contributed by atoms with Crippen LogP contribution in [-0.2, 0) is 0 Å². The fourth-order valence-electron chi connectivity index (χ4n) is 3.41. The highest BCUT2D eigenvalue weighted by atomic mass is 16.5. The van der Waals surface area contributed by atoms with Crippen molar-refractivity contribution in [3.8, 4) is 0 Å². The van der Waals surface area contributed by atoms with Crippen LogP contribution in [0.3, 0.4) is 0 Å². The molecular formula is C15H22N2O2. The number of H-pyrrole nitrogens is 1. The zero-order valence-corrected chi connectivity index (χ0v) is 11.4. The van der Waals surface area contributed by atoms with Crippen molar-refractivity contribution in [1.82, 2.24) is 9.71 Å². The van der Waals surface area contributed by atoms with E-state index in [4.69, 9.17) is 0 Å². The van der Waals surface area contributed by atoms with Crippen LogP contribution >= 0.6 is 0 Å². The van der Waals surface area contributed by atoms with E-state index >= 15 is 0 Å². The van der Waals surface area contributed by atoms with E-state index in [-0.39, 0.29) is 5.56 Å². The van der Waals surface area contributed by atoms with E-state index in [0.717, 1.165) is 61.7 Å². The largest absolute Gasteiger partial charge is 0.426 e. The minimum atomic E-state index is -0.118. The molecule has 1 aromatic heterocycles. The van der Waals surface area contributed by atoms with Gasteiger partial charge in [-0.3, -0.25) is 4.79 Å². The van der Waals surface area contributed by atoms with Crippen LogP contribution in [-0.4, -0.2) is 14.9 Å². The number of nitrogens with one attached hydrogen (secondary N) is 1. The predicted octanol–water partition coefficient (Wildman–Crippen LogP) is 1.64. The summed E-state index contributed by atoms with van der Waals surface area (Å²) in [4.78, 5) is 15.0. The van der Waals surface area contributed by atoms with Gasteiger partial charge in [-0.05, 0) is 62.5 Å². The molecule has 0 aliphatic heterocycles. The topological polar surface area (TPSA) is 58.0 Å². The van der Waals surface area contributed by atoms with Crippen LogP contribution in [0.2, 0.25) is 0 Å². The molecule has 2 aliphatic carbocycles. The van der Waals surface area contributed by atoms with Crippen LogP contribution in [0.4, 0.5) is 0 Å². The molecule has 104 valence electrons. The van der Waals surface area contributed by atoms with Crippen molar-refractivity contribution in [2.45, 2.75) is 64.2 Å². The van der Waals surface area contributed by atoms with Gasteiger partial charge in [0.1, 0.15) is 10.8 Å². The summed E-state index contributed by atoms with van der Waals surface area (Å²) < 4.78 is 1.14. The predicted molar refractivity (Wildman–Crippen MR) is 74.5 cm³/mol. The molecule has 0 amide bonds. The number of hydrogen-bond acceptors (Lipinski definition) is 2. The molecule has 1 heterocycles. The maximum absolute atomic E-state index is 12.1. The van der Waals surface area contributed by atoms with Crippen LogP contribution in [0.1, 0.15) is 64.2 Å². The quantitative estimate of drug-likeness (QED) is 0.698. The third-order valence-electron chi connectivity index (χ3n) is 4.45. The van der Waals surface area contributed by atoms with Crippen molar-refractivity contribution in [3.05, 3.63) is 21.2 Å². The molecule has 19 heavy (non-hydrogen) atoms. The van der Waals surface area contributed by atoms with Gasteiger partial charge in [-0.1, -0.05) is 12.8 Å². The highest BCUT2D eigenvalue weighted by Crippen LogP contribution is 2.23. The molecule has 0 atom stereocenters. The Labute approximate surface area is 112 Å². The monoisotopic (exact) mass is 262 g/mol. The SMILES string of the molecule is O=c1[nH]c(=C2CCCCC2)n(O)c1=C1CCCCC1. The normalized spacial score (nSPS) is 20.8. The number of hydrogen-bond donors (Lipinski definition) is 2. The van der Waals surface area contributed by atoms with Gasteiger partial charge in [-0.25, -0.2) is 0 Å². The molecule has 0 unspecified atom stereocenters. The third kappa shape index (κ3) is 2.36. The van der Waals surface area contributed by atoms with Gasteiger partial charge >= 0.3 is 0 Å². The molecule has 0 saturated heterocycles. The third-order valence-corrected chi connectivity index (χ3v) is 4.45. The molecule has 0 aromatic carbocycles. The van der Waals surface area contributed by atoms with Gasteiger partial charge in [0.05, 0.1) is 0 Å². The lowest BCUT2D eigenvalue weighted by Crippen LogP contribution is -2.34. The first-order chi connectivity index (χ1) is 9.27. The minimum Gasteiger partial charge on any atom is -0.426 e. The molecule has 4 heteroatoms. The smallest absolute Gasteiger partial charge is 0.276 e. The lowest BCUT2D eigenvalue weighted by Gasteiger charge is -2.13. The summed E-state index contributed by atoms with van der Waals surface area (Å²) in [7, 11) is 0. The number of aromatic amines is 1. The van der Waals surface area contributed by atoms with Gasteiger partial charge in [-0.2, -0.15) is 4.73 Å². The van der Waals surface area contributed by atoms with Crippen LogP contribution in [0.25, 0.3) is 11.1 Å². The minimum absolute atomic E-state index is 0.118. The summed E-state index contributed by atoms with van der Waals surface area (Å²) in [6.07, 6.45) is 11.0. The average molecular weight is 262 g/mol. The summed E-state index contributed by atoms with van der Waals surface area (Å²) in [5, 5.41) is 10.9. The van der Waals surface area contributed by atoms with E-state index in [1.807, 2.05) is 0 Å². The lowest BCUT2D eigenvalue weighted by atomic mass is 9.95. The highest BCUT2D eigenvalue weighted by Gasteiger charge is 2.15. The molecule has 3 rings (SSSR count). The van der Waals surface area contributed by atoms with Gasteiger partial charge in [-0.15, -0.1) is 0 Å². The molecule has 2 saturated carbocycles. The second-order valence-corrected chi connectivity index (χ2v) is 5.79. The molecule has 4 nitrogen and oxygen atoms in total. The van der Waals surface area contributed by atoms with Gasteiger partial charge in [0.2, 0.25) is 0 Å². The Morgan fingerprint density at radius 1 is 0.842 bits per heavy atom. The zero-order valence-electron chi connectivity index (χ0n) is 11.4. The second-order valence-electron chi connectivity index (χ2n) is 5.79. The maximum Gasteiger partial charge on any atom is 0.276 e. The fourth-order valence-corrected chi connectivity index (χ4v) is 3.41. The molecule has 1 aromatic rings. The van der Waals surface area contributed by atoms with Crippen LogP contribution < -0.4 is 16.4 Å². The standard InChI is InChI=1S/C15H22N2O2/c18-15-13(11-7-3-1-4-8-11)17(19)14(16-15)12-9-5-2-6-10-12/h19H,1-10H2,(H,16,18). The van der Waals surface area contributed by atoms with E-state index < -0.39 is 0 Å². The second kappa shape index (κ2) is 5.27. The molecule has 0 bridgehead atoms. The first-order valence-electron chi connectivity index (χ1n) is 7.52. The van der Waals surface area contributed by atoms with E-state index in [0.29, 0.717) is 10.8 Å². The van der Waals surface area contributed by atoms with E-state index in [1.54, 1.807) is 0 Å². The van der Waals surface area contributed by atoms with Crippen molar-refractivity contribution in [3.63, 3.8) is 0 Å². The maximum atomic E-state index is 12.1. The van der Waals surface area contributed by atoms with Gasteiger partial charge < -0.3 is 10.2 Å². The molecule has 2 N–H and O–H groups in total. The first-order valence-corrected chi connectivity index (χ1v) is 7.52. The van der Waals surface area contributed by atoms with Crippen molar-refractivity contribution < 1.29 is 5.21 Å². The number of aromatic nitrogens is 2. The first kappa shape index (κ1) is 12.6. The Bertz CT molecular complexity index is 620. The van der Waals surface area contributed by atoms with Gasteiger partial charge in [0, 0.05) is 0 Å². The fraction of sp³-hybridized carbons (Fsp3) is 0.667. The summed E-state index contributed by atoms with van der Waals surface area (Å²) in [5.41, 5.74) is 2.86. The van der Waals surface area contributed by atoms with E-state index in [9.17, 15) is 10.0 Å². The Balaban J connectivity index is 2.18. The average Bonchev–Trinajstić information content (AvgIpc) is 2.76. The Morgan fingerprint density at radius 3 is 1.95 bits per heavy atom. The number of imidazole rings is 1. The van der Waals surface area contributed by atoms with Gasteiger partial charge in [0.15, 0.2) is 0 Å². The van der Waals surface area contributed by atoms with Crippen molar-refractivity contribution >= 4 is 11.1 Å². The van der Waals surface area contributed by atoms with Crippen LogP contribution in [0, 0.1) is 0 Å². The summed E-state index contributed by atoms with van der Waals surface area (Å²) in [6, 6.07) is 0. The van der Waals surface area contributed by atoms with Crippen molar-refractivity contribution in [2.75, 3.05) is 0 Å². The van der Waals surface area contributed by atoms with Crippen molar-refractivity contribution in [2.24, 2.45) is 0 Å². The Kier molecular flexibility index (Phi) is 3.49. The zero-order chi connectivity index (χ0) is 13.2. The number of rotatable bonds is 0. The molecule has 0 radical (unpaired) electrons. The molecule has 2 aliphatic rings. The summed E-state index contributed by atoms with van der Waals surface area (Å²) >= 11 is 0. The molecule has 2 fully saturated rings. The Hall–Kier alpha value is -1.45. The highest BCUT2D eigenvalue weighted by molar-refractivity contribution is 5.45. The molecular weight excluding hydrogens is 240 g/mol. The van der Waals surface area contributed by atoms with E-state index in [1.165, 1.54) is 18.4 Å². The van der Waals surface area contributed by atoms with Crippen LogP contribution in [0.15, 0.2) is 4.79 Å². The Morgan fingerprint density at radius 2 is 1.37 bits per heavy atom. The van der Waals surface area contributed by atoms with Gasteiger partial charge in [0.25, 0.3) is 5.56 Å². The van der Waals surface area contributed by atoms with E-state index in [2.05, 4.69) is 4.98 Å². The summed E-state index contributed by atoms with van der Waals surface area (Å²) in [5.74, 6) is 0. The number of nitrogens with zero attached hydrogens (tertiary/aromatic N) is 1. The van der Waals surface area contributed by atoms with Crippen molar-refractivity contribution in [1.29, 1.82) is 0 Å². The molecule has 0 spiro atoms. The summed E-state index contributed by atoms with van der Waals surface area (Å²) in [6.45, 7) is 0. The lowest BCUT2D eigenvalue weighted by molar-refractivity contribution is 0.167. The van der Waals surface area contributed by atoms with Crippen LogP contribution in [0.5, 0.6) is 0 Å².